The normalized spacial score (nSPS) is 34.6. The molecule has 0 bridgehead atoms. The molecule has 0 saturated carbocycles. The van der Waals surface area contributed by atoms with Crippen LogP contribution >= 0.6 is 0 Å². The predicted molar refractivity (Wildman–Crippen MR) is 105 cm³/mol. The molecule has 1 N–H and O–H groups in total. The monoisotopic (exact) mass is 399 g/mol. The maximum Gasteiger partial charge on any atom is 0.256 e. The Bertz CT molecular complexity index is 952. The van der Waals surface area contributed by atoms with Crippen LogP contribution in [0.25, 0.3) is 10.8 Å². The Hall–Kier alpha value is -2.03. The maximum absolute atomic E-state index is 13.2. The van der Waals surface area contributed by atoms with E-state index in [4.69, 9.17) is 23.7 Å². The topological polar surface area (TPSA) is 75.3 Å². The SMILES string of the molecule is CC1(C)O[C@@H]2O[C@H](C(=O)Nc3cccc4ccccc34)[C@@H]3OC(C)(C)O[C@@H]3[C@@H]2O1. The quantitative estimate of drug-likeness (QED) is 0.836. The molecule has 1 amide bonds. The number of fused-ring (bicyclic) bond motifs is 4. The molecule has 0 spiro atoms. The summed E-state index contributed by atoms with van der Waals surface area (Å²) in [4.78, 5) is 13.2. The van der Waals surface area contributed by atoms with Crippen LogP contribution in [0.3, 0.4) is 0 Å². The molecular weight excluding hydrogens is 374 g/mol. The fourth-order valence-electron chi connectivity index (χ4n) is 4.36. The molecule has 154 valence electrons. The highest BCUT2D eigenvalue weighted by Gasteiger charge is 2.62. The van der Waals surface area contributed by atoms with E-state index in [0.717, 1.165) is 16.5 Å². The third-order valence-electron chi connectivity index (χ3n) is 5.46. The second-order valence-electron chi connectivity index (χ2n) is 8.61. The van der Waals surface area contributed by atoms with Crippen LogP contribution in [0.4, 0.5) is 5.69 Å². The van der Waals surface area contributed by atoms with Crippen molar-refractivity contribution in [3.63, 3.8) is 0 Å². The zero-order valence-corrected chi connectivity index (χ0v) is 16.9. The number of ether oxygens (including phenoxy) is 5. The number of hydrogen-bond donors (Lipinski definition) is 1. The average molecular weight is 399 g/mol. The van der Waals surface area contributed by atoms with Crippen molar-refractivity contribution in [2.75, 3.05) is 5.32 Å². The van der Waals surface area contributed by atoms with E-state index < -0.39 is 42.3 Å². The van der Waals surface area contributed by atoms with E-state index >= 15 is 0 Å². The number of rotatable bonds is 2. The molecule has 7 nitrogen and oxygen atoms in total. The Morgan fingerprint density at radius 2 is 1.48 bits per heavy atom. The van der Waals surface area contributed by atoms with Gasteiger partial charge in [0.1, 0.15) is 18.3 Å². The summed E-state index contributed by atoms with van der Waals surface area (Å²) >= 11 is 0. The van der Waals surface area contributed by atoms with Gasteiger partial charge in [0.2, 0.25) is 0 Å². The smallest absolute Gasteiger partial charge is 0.256 e. The zero-order chi connectivity index (χ0) is 20.4. The van der Waals surface area contributed by atoms with Crippen molar-refractivity contribution in [1.29, 1.82) is 0 Å². The van der Waals surface area contributed by atoms with Gasteiger partial charge in [0.15, 0.2) is 24.0 Å². The highest BCUT2D eigenvalue weighted by molar-refractivity contribution is 6.03. The molecule has 2 aromatic rings. The van der Waals surface area contributed by atoms with Crippen LogP contribution in [0.1, 0.15) is 27.7 Å². The molecule has 7 heteroatoms. The van der Waals surface area contributed by atoms with Crippen LogP contribution in [-0.2, 0) is 28.5 Å². The van der Waals surface area contributed by atoms with Crippen LogP contribution in [0.15, 0.2) is 42.5 Å². The van der Waals surface area contributed by atoms with Gasteiger partial charge in [-0.2, -0.15) is 0 Å². The zero-order valence-electron chi connectivity index (χ0n) is 16.9. The van der Waals surface area contributed by atoms with E-state index in [0.29, 0.717) is 0 Å². The Morgan fingerprint density at radius 1 is 0.828 bits per heavy atom. The molecule has 0 radical (unpaired) electrons. The fraction of sp³-hybridized carbons (Fsp3) is 0.500. The predicted octanol–water partition coefficient (Wildman–Crippen LogP) is 3.17. The van der Waals surface area contributed by atoms with Crippen molar-refractivity contribution in [3.8, 4) is 0 Å². The van der Waals surface area contributed by atoms with Gasteiger partial charge in [-0.1, -0.05) is 36.4 Å². The van der Waals surface area contributed by atoms with Crippen LogP contribution in [0, 0.1) is 0 Å². The molecular formula is C22H25NO6. The number of carbonyl (C=O) groups excluding carboxylic acids is 1. The molecule has 5 atom stereocenters. The maximum atomic E-state index is 13.2. The Labute approximate surface area is 169 Å². The molecule has 3 aliphatic heterocycles. The van der Waals surface area contributed by atoms with E-state index in [2.05, 4.69) is 5.32 Å². The van der Waals surface area contributed by atoms with Gasteiger partial charge >= 0.3 is 0 Å². The van der Waals surface area contributed by atoms with Gasteiger partial charge in [-0.3, -0.25) is 4.79 Å². The molecule has 2 aromatic carbocycles. The molecule has 29 heavy (non-hydrogen) atoms. The van der Waals surface area contributed by atoms with Crippen molar-refractivity contribution in [2.45, 2.75) is 70.0 Å². The lowest BCUT2D eigenvalue weighted by molar-refractivity contribution is -0.229. The largest absolute Gasteiger partial charge is 0.342 e. The Balaban J connectivity index is 1.44. The molecule has 0 unspecified atom stereocenters. The summed E-state index contributed by atoms with van der Waals surface area (Å²) in [6, 6.07) is 13.7. The van der Waals surface area contributed by atoms with E-state index in [1.54, 1.807) is 0 Å². The molecule has 0 aromatic heterocycles. The number of hydrogen-bond acceptors (Lipinski definition) is 6. The van der Waals surface area contributed by atoms with Crippen LogP contribution in [0.2, 0.25) is 0 Å². The highest BCUT2D eigenvalue weighted by atomic mass is 16.9. The number of carbonyl (C=O) groups is 1. The van der Waals surface area contributed by atoms with E-state index in [1.165, 1.54) is 0 Å². The minimum Gasteiger partial charge on any atom is -0.342 e. The summed E-state index contributed by atoms with van der Waals surface area (Å²) in [5, 5.41) is 5.00. The molecule has 3 fully saturated rings. The third-order valence-corrected chi connectivity index (χ3v) is 5.46. The van der Waals surface area contributed by atoms with Crippen molar-refractivity contribution in [3.05, 3.63) is 42.5 Å². The molecule has 3 aliphatic rings. The molecule has 5 rings (SSSR count). The van der Waals surface area contributed by atoms with Gasteiger partial charge < -0.3 is 29.0 Å². The fourth-order valence-corrected chi connectivity index (χ4v) is 4.36. The van der Waals surface area contributed by atoms with Crippen LogP contribution in [-0.4, -0.2) is 48.2 Å². The standard InChI is InChI=1S/C22H25NO6/c1-21(2)26-15-16(27-21)18-20(29-22(3,4)28-18)25-17(15)19(24)23-14-11-7-9-12-8-5-6-10-13(12)14/h5-11,15-18,20H,1-4H3,(H,23,24)/t15-,16+,17+,18+,20+/m1/s1. The van der Waals surface area contributed by atoms with E-state index in [1.807, 2.05) is 70.2 Å². The number of anilines is 1. The first-order chi connectivity index (χ1) is 13.7. The van der Waals surface area contributed by atoms with Gasteiger partial charge in [0, 0.05) is 11.1 Å². The molecule has 3 saturated heterocycles. The lowest BCUT2D eigenvalue weighted by atomic mass is 9.98. The summed E-state index contributed by atoms with van der Waals surface area (Å²) in [7, 11) is 0. The van der Waals surface area contributed by atoms with E-state index in [9.17, 15) is 4.79 Å². The van der Waals surface area contributed by atoms with Crippen LogP contribution < -0.4 is 5.32 Å². The minimum atomic E-state index is -0.889. The van der Waals surface area contributed by atoms with Gasteiger partial charge in [-0.15, -0.1) is 0 Å². The van der Waals surface area contributed by atoms with Crippen molar-refractivity contribution in [1.82, 2.24) is 0 Å². The number of nitrogens with one attached hydrogen (secondary N) is 1. The summed E-state index contributed by atoms with van der Waals surface area (Å²) in [5.41, 5.74) is 0.720. The van der Waals surface area contributed by atoms with Crippen molar-refractivity contribution < 1.29 is 28.5 Å². The molecule has 0 aliphatic carbocycles. The highest BCUT2D eigenvalue weighted by Crippen LogP contribution is 2.44. The minimum absolute atomic E-state index is 0.301. The lowest BCUT2D eigenvalue weighted by Crippen LogP contribution is -2.58. The summed E-state index contributed by atoms with van der Waals surface area (Å²) in [6.45, 7) is 7.27. The van der Waals surface area contributed by atoms with Crippen molar-refractivity contribution in [2.24, 2.45) is 0 Å². The first kappa shape index (κ1) is 19.0. The first-order valence-corrected chi connectivity index (χ1v) is 9.88. The van der Waals surface area contributed by atoms with E-state index in [-0.39, 0.29) is 5.91 Å². The number of amides is 1. The van der Waals surface area contributed by atoms with Crippen LogP contribution in [0.5, 0.6) is 0 Å². The van der Waals surface area contributed by atoms with Gasteiger partial charge in [-0.05, 0) is 39.1 Å². The van der Waals surface area contributed by atoms with Gasteiger partial charge in [0.05, 0.1) is 0 Å². The van der Waals surface area contributed by atoms with Gasteiger partial charge in [0.25, 0.3) is 5.91 Å². The van der Waals surface area contributed by atoms with Crippen molar-refractivity contribution >= 4 is 22.4 Å². The second kappa shape index (κ2) is 6.48. The molecule has 3 heterocycles. The summed E-state index contributed by atoms with van der Waals surface area (Å²) in [5.74, 6) is -1.97. The number of benzene rings is 2. The van der Waals surface area contributed by atoms with Gasteiger partial charge in [-0.25, -0.2) is 0 Å². The Kier molecular flexibility index (Phi) is 4.24. The lowest BCUT2D eigenvalue weighted by Gasteiger charge is -2.36. The average Bonchev–Trinajstić information content (AvgIpc) is 3.15. The summed E-state index contributed by atoms with van der Waals surface area (Å²) in [6.07, 6.45) is -3.11. The second-order valence-corrected chi connectivity index (χ2v) is 8.61. The Morgan fingerprint density at radius 3 is 2.31 bits per heavy atom. The third kappa shape index (κ3) is 3.33. The first-order valence-electron chi connectivity index (χ1n) is 9.88. The summed E-state index contributed by atoms with van der Waals surface area (Å²) < 4.78 is 30.0.